The van der Waals surface area contributed by atoms with Gasteiger partial charge in [0.2, 0.25) is 0 Å². The number of methoxy groups -OCH3 is 1. The molecule has 2 aliphatic rings. The highest BCUT2D eigenvalue weighted by atomic mass is 32.2. The first-order chi connectivity index (χ1) is 8.59. The van der Waals surface area contributed by atoms with Crippen molar-refractivity contribution in [3.05, 3.63) is 0 Å². The highest BCUT2D eigenvalue weighted by molar-refractivity contribution is 8.00. The van der Waals surface area contributed by atoms with Crippen molar-refractivity contribution in [3.8, 4) is 0 Å². The Morgan fingerprint density at radius 1 is 1.33 bits per heavy atom. The molecule has 1 heterocycles. The van der Waals surface area contributed by atoms with Crippen molar-refractivity contribution in [2.75, 3.05) is 26.7 Å². The molecule has 2 rings (SSSR count). The fraction of sp³-hybridized carbons (Fsp3) is 1.00. The topological polar surface area (TPSA) is 38.5 Å². The van der Waals surface area contributed by atoms with E-state index in [2.05, 4.69) is 30.5 Å². The van der Waals surface area contributed by atoms with E-state index in [9.17, 15) is 0 Å². The Balaban J connectivity index is 2.10. The zero-order chi connectivity index (χ0) is 13.2. The summed E-state index contributed by atoms with van der Waals surface area (Å²) in [5, 5.41) is 1.44. The molecule has 4 unspecified atom stereocenters. The van der Waals surface area contributed by atoms with Crippen LogP contribution in [0.1, 0.15) is 39.5 Å². The lowest BCUT2D eigenvalue weighted by molar-refractivity contribution is -0.0226. The van der Waals surface area contributed by atoms with Crippen LogP contribution >= 0.6 is 11.8 Å². The molecular formula is C14H28N2OS. The summed E-state index contributed by atoms with van der Waals surface area (Å²) in [4.78, 5) is 2.67. The van der Waals surface area contributed by atoms with Gasteiger partial charge in [0.15, 0.2) is 0 Å². The summed E-state index contributed by atoms with van der Waals surface area (Å²) in [5.74, 6) is 0. The molecule has 0 amide bonds. The molecule has 4 heteroatoms. The zero-order valence-electron chi connectivity index (χ0n) is 12.0. The Bertz CT molecular complexity index is 267. The third-order valence-electron chi connectivity index (χ3n) is 4.58. The molecule has 2 fully saturated rings. The number of hydrogen-bond donors (Lipinski definition) is 1. The Morgan fingerprint density at radius 3 is 2.56 bits per heavy atom. The van der Waals surface area contributed by atoms with Gasteiger partial charge in [0.05, 0.1) is 6.10 Å². The van der Waals surface area contributed by atoms with Gasteiger partial charge >= 0.3 is 0 Å². The van der Waals surface area contributed by atoms with Crippen LogP contribution in [0.15, 0.2) is 0 Å². The molecule has 1 saturated carbocycles. The van der Waals surface area contributed by atoms with E-state index < -0.39 is 0 Å². The largest absolute Gasteiger partial charge is 0.381 e. The van der Waals surface area contributed by atoms with Crippen molar-refractivity contribution in [2.45, 2.75) is 61.7 Å². The third-order valence-corrected chi connectivity index (χ3v) is 5.81. The Kier molecular flexibility index (Phi) is 4.98. The van der Waals surface area contributed by atoms with Gasteiger partial charge in [-0.1, -0.05) is 13.8 Å². The molecule has 1 saturated heterocycles. The van der Waals surface area contributed by atoms with Gasteiger partial charge in [-0.2, -0.15) is 11.8 Å². The molecule has 1 aliphatic heterocycles. The van der Waals surface area contributed by atoms with Crippen molar-refractivity contribution >= 4 is 11.8 Å². The van der Waals surface area contributed by atoms with Crippen LogP contribution in [0, 0.1) is 0 Å². The molecule has 3 nitrogen and oxygen atoms in total. The van der Waals surface area contributed by atoms with E-state index in [-0.39, 0.29) is 5.54 Å². The first-order valence-electron chi connectivity index (χ1n) is 7.23. The highest BCUT2D eigenvalue weighted by Gasteiger charge is 2.42. The molecule has 0 radical (unpaired) electrons. The summed E-state index contributed by atoms with van der Waals surface area (Å²) in [6.07, 6.45) is 5.22. The van der Waals surface area contributed by atoms with Crippen LogP contribution in [-0.4, -0.2) is 53.8 Å². The maximum absolute atomic E-state index is 6.17. The molecule has 4 atom stereocenters. The second-order valence-corrected chi connectivity index (χ2v) is 7.93. The van der Waals surface area contributed by atoms with Crippen LogP contribution in [0.25, 0.3) is 0 Å². The van der Waals surface area contributed by atoms with Gasteiger partial charge < -0.3 is 10.5 Å². The van der Waals surface area contributed by atoms with E-state index in [0.29, 0.717) is 6.10 Å². The van der Waals surface area contributed by atoms with E-state index in [1.54, 1.807) is 0 Å². The Labute approximate surface area is 116 Å². The van der Waals surface area contributed by atoms with Crippen molar-refractivity contribution < 1.29 is 4.74 Å². The maximum atomic E-state index is 6.17. The minimum atomic E-state index is 0.197. The molecule has 106 valence electrons. The summed E-state index contributed by atoms with van der Waals surface area (Å²) >= 11 is 2.11. The summed E-state index contributed by atoms with van der Waals surface area (Å²) in [6.45, 7) is 7.82. The highest BCUT2D eigenvalue weighted by Crippen LogP contribution is 2.38. The SMILES string of the molecule is COC1CCCC(CN)(N2CC(C)SC(C)C2)C1. The molecule has 0 aromatic rings. The van der Waals surface area contributed by atoms with Crippen LogP contribution in [0.3, 0.4) is 0 Å². The first-order valence-corrected chi connectivity index (χ1v) is 8.17. The lowest BCUT2D eigenvalue weighted by Gasteiger charge is -2.51. The van der Waals surface area contributed by atoms with Gasteiger partial charge in [-0.05, 0) is 25.7 Å². The van der Waals surface area contributed by atoms with Gasteiger partial charge in [-0.3, -0.25) is 4.90 Å². The van der Waals surface area contributed by atoms with Crippen molar-refractivity contribution in [1.29, 1.82) is 0 Å². The number of thioether (sulfide) groups is 1. The van der Waals surface area contributed by atoms with E-state index in [0.717, 1.165) is 23.5 Å². The van der Waals surface area contributed by atoms with Crippen molar-refractivity contribution in [3.63, 3.8) is 0 Å². The summed E-state index contributed by atoms with van der Waals surface area (Å²) < 4.78 is 5.61. The average molecular weight is 272 g/mol. The Morgan fingerprint density at radius 2 is 2.00 bits per heavy atom. The number of hydrogen-bond acceptors (Lipinski definition) is 4. The van der Waals surface area contributed by atoms with Crippen LogP contribution in [-0.2, 0) is 4.74 Å². The summed E-state index contributed by atoms with van der Waals surface area (Å²) in [5.41, 5.74) is 6.37. The van der Waals surface area contributed by atoms with Gasteiger partial charge in [0.25, 0.3) is 0 Å². The molecule has 18 heavy (non-hydrogen) atoms. The zero-order valence-corrected chi connectivity index (χ0v) is 12.8. The van der Waals surface area contributed by atoms with Crippen molar-refractivity contribution in [2.24, 2.45) is 5.73 Å². The molecule has 1 aliphatic carbocycles. The minimum absolute atomic E-state index is 0.197. The fourth-order valence-electron chi connectivity index (χ4n) is 3.65. The molecule has 2 N–H and O–H groups in total. The smallest absolute Gasteiger partial charge is 0.0589 e. The van der Waals surface area contributed by atoms with Crippen LogP contribution in [0.5, 0.6) is 0 Å². The van der Waals surface area contributed by atoms with Gasteiger partial charge in [0, 0.05) is 42.8 Å². The van der Waals surface area contributed by atoms with E-state index in [1.165, 1.54) is 32.4 Å². The standard InChI is InChI=1S/C14H28N2OS/c1-11-8-16(9-12(2)18-11)14(10-15)6-4-5-13(7-14)17-3/h11-13H,4-10,15H2,1-3H3. The average Bonchev–Trinajstić information content (AvgIpc) is 2.37. The van der Waals surface area contributed by atoms with E-state index in [4.69, 9.17) is 10.5 Å². The van der Waals surface area contributed by atoms with Crippen LogP contribution in [0.4, 0.5) is 0 Å². The van der Waals surface area contributed by atoms with Crippen LogP contribution < -0.4 is 5.73 Å². The molecule has 0 bridgehead atoms. The first kappa shape index (κ1) is 14.6. The lowest BCUT2D eigenvalue weighted by Crippen LogP contribution is -2.61. The third kappa shape index (κ3) is 3.03. The monoisotopic (exact) mass is 272 g/mol. The van der Waals surface area contributed by atoms with Gasteiger partial charge in [-0.25, -0.2) is 0 Å². The van der Waals surface area contributed by atoms with E-state index >= 15 is 0 Å². The summed E-state index contributed by atoms with van der Waals surface area (Å²) in [6, 6.07) is 0. The number of ether oxygens (including phenoxy) is 1. The Hall–Kier alpha value is 0.230. The fourth-order valence-corrected chi connectivity index (χ4v) is 4.98. The van der Waals surface area contributed by atoms with Gasteiger partial charge in [0.1, 0.15) is 0 Å². The molecular weight excluding hydrogens is 244 g/mol. The predicted molar refractivity (Wildman–Crippen MR) is 79.1 cm³/mol. The van der Waals surface area contributed by atoms with Gasteiger partial charge in [-0.15, -0.1) is 0 Å². The second kappa shape index (κ2) is 6.12. The molecule has 0 spiro atoms. The molecule has 0 aromatic carbocycles. The van der Waals surface area contributed by atoms with Crippen LogP contribution in [0.2, 0.25) is 0 Å². The number of nitrogens with two attached hydrogens (primary N) is 1. The minimum Gasteiger partial charge on any atom is -0.381 e. The van der Waals surface area contributed by atoms with E-state index in [1.807, 2.05) is 7.11 Å². The summed E-state index contributed by atoms with van der Waals surface area (Å²) in [7, 11) is 1.84. The number of rotatable bonds is 3. The number of nitrogens with zero attached hydrogens (tertiary/aromatic N) is 1. The quantitative estimate of drug-likeness (QED) is 0.854. The second-order valence-electron chi connectivity index (χ2n) is 6.04. The molecule has 0 aromatic heterocycles. The maximum Gasteiger partial charge on any atom is 0.0589 e. The van der Waals surface area contributed by atoms with Crippen molar-refractivity contribution in [1.82, 2.24) is 4.90 Å². The normalized spacial score (nSPS) is 43.0. The lowest BCUT2D eigenvalue weighted by atomic mass is 9.78. The predicted octanol–water partition coefficient (Wildman–Crippen LogP) is 2.10.